The van der Waals surface area contributed by atoms with E-state index < -0.39 is 5.41 Å². The predicted molar refractivity (Wildman–Crippen MR) is 88.7 cm³/mol. The van der Waals surface area contributed by atoms with Gasteiger partial charge in [-0.2, -0.15) is 0 Å². The number of H-pyrrole nitrogens is 1. The lowest BCUT2D eigenvalue weighted by molar-refractivity contribution is -0.124. The molecule has 1 aliphatic rings. The van der Waals surface area contributed by atoms with E-state index in [1.807, 2.05) is 17.5 Å². The number of hydrogen-bond acceptors (Lipinski definition) is 4. The third-order valence-corrected chi connectivity index (χ3v) is 5.61. The van der Waals surface area contributed by atoms with E-state index in [1.165, 1.54) is 16.8 Å². The van der Waals surface area contributed by atoms with Gasteiger partial charge in [-0.15, -0.1) is 11.3 Å². The molecule has 2 aromatic rings. The molecule has 1 fully saturated rings. The van der Waals surface area contributed by atoms with Crippen molar-refractivity contribution in [2.75, 3.05) is 6.54 Å². The van der Waals surface area contributed by atoms with Crippen molar-refractivity contribution in [1.82, 2.24) is 15.1 Å². The summed E-state index contributed by atoms with van der Waals surface area (Å²) in [4.78, 5) is 36.7. The Bertz CT molecular complexity index is 835. The summed E-state index contributed by atoms with van der Waals surface area (Å²) in [5.41, 5.74) is -1.18. The third-order valence-electron chi connectivity index (χ3n) is 4.58. The number of rotatable bonds is 5. The Balaban J connectivity index is 1.69. The molecule has 23 heavy (non-hydrogen) atoms. The van der Waals surface area contributed by atoms with Crippen molar-refractivity contribution in [3.8, 4) is 0 Å². The normalized spacial score (nSPS) is 21.8. The number of thiophene rings is 1. The highest BCUT2D eigenvalue weighted by Crippen LogP contribution is 2.65. The molecule has 0 saturated heterocycles. The second-order valence-electron chi connectivity index (χ2n) is 6.50. The molecule has 1 amide bonds. The van der Waals surface area contributed by atoms with Crippen LogP contribution in [0.5, 0.6) is 0 Å². The Hall–Kier alpha value is -2.15. The van der Waals surface area contributed by atoms with Crippen molar-refractivity contribution in [2.24, 2.45) is 5.41 Å². The maximum Gasteiger partial charge on any atom is 0.265 e. The molecule has 0 bridgehead atoms. The lowest BCUT2D eigenvalue weighted by atomic mass is 9.93. The summed E-state index contributed by atoms with van der Waals surface area (Å²) in [7, 11) is 0. The SMILES string of the molecule is CC1(C)C[C@@]1(C(=O)NCCn1[nH]c(=O)ccc1=O)c1cccs1. The van der Waals surface area contributed by atoms with Crippen molar-refractivity contribution >= 4 is 17.2 Å². The van der Waals surface area contributed by atoms with Crippen LogP contribution >= 0.6 is 11.3 Å². The molecule has 0 spiro atoms. The molecular weight excluding hydrogens is 314 g/mol. The molecule has 1 saturated carbocycles. The topological polar surface area (TPSA) is 84.0 Å². The Kier molecular flexibility index (Phi) is 3.75. The molecule has 0 aromatic carbocycles. The van der Waals surface area contributed by atoms with E-state index in [-0.39, 0.29) is 29.0 Å². The van der Waals surface area contributed by atoms with Gasteiger partial charge in [0.05, 0.1) is 12.0 Å². The largest absolute Gasteiger partial charge is 0.353 e. The van der Waals surface area contributed by atoms with E-state index in [1.54, 1.807) is 11.3 Å². The Labute approximate surface area is 137 Å². The van der Waals surface area contributed by atoms with Gasteiger partial charge in [0, 0.05) is 23.6 Å². The molecule has 0 radical (unpaired) electrons. The second kappa shape index (κ2) is 5.49. The fourth-order valence-electron chi connectivity index (χ4n) is 3.12. The highest BCUT2D eigenvalue weighted by atomic mass is 32.1. The molecule has 2 N–H and O–H groups in total. The zero-order valence-corrected chi connectivity index (χ0v) is 13.9. The first-order chi connectivity index (χ1) is 10.9. The molecule has 2 aromatic heterocycles. The number of nitrogens with one attached hydrogen (secondary N) is 2. The molecule has 3 rings (SSSR count). The fraction of sp³-hybridized carbons (Fsp3) is 0.438. The summed E-state index contributed by atoms with van der Waals surface area (Å²) in [5.74, 6) is -0.0173. The number of carbonyl (C=O) groups is 1. The number of amides is 1. The van der Waals surface area contributed by atoms with Crippen LogP contribution in [0.3, 0.4) is 0 Å². The van der Waals surface area contributed by atoms with Crippen LogP contribution in [0.4, 0.5) is 0 Å². The Morgan fingerprint density at radius 2 is 2.09 bits per heavy atom. The van der Waals surface area contributed by atoms with Crippen LogP contribution in [-0.4, -0.2) is 22.2 Å². The van der Waals surface area contributed by atoms with E-state index in [9.17, 15) is 14.4 Å². The van der Waals surface area contributed by atoms with E-state index in [0.29, 0.717) is 6.54 Å². The molecule has 122 valence electrons. The highest BCUT2D eigenvalue weighted by Gasteiger charge is 2.67. The lowest BCUT2D eigenvalue weighted by Gasteiger charge is -2.19. The van der Waals surface area contributed by atoms with Gasteiger partial charge < -0.3 is 5.32 Å². The maximum atomic E-state index is 12.7. The maximum absolute atomic E-state index is 12.7. The minimum atomic E-state index is -0.476. The Morgan fingerprint density at radius 3 is 2.70 bits per heavy atom. The van der Waals surface area contributed by atoms with Crippen molar-refractivity contribution in [2.45, 2.75) is 32.2 Å². The molecule has 2 heterocycles. The zero-order valence-electron chi connectivity index (χ0n) is 13.1. The minimum absolute atomic E-state index is 0.0173. The third kappa shape index (κ3) is 2.65. The summed E-state index contributed by atoms with van der Waals surface area (Å²) in [6.45, 7) is 4.71. The number of carbonyl (C=O) groups excluding carboxylic acids is 1. The van der Waals surface area contributed by atoms with Gasteiger partial charge >= 0.3 is 0 Å². The van der Waals surface area contributed by atoms with E-state index in [2.05, 4.69) is 24.3 Å². The lowest BCUT2D eigenvalue weighted by Crippen LogP contribution is -2.40. The summed E-state index contributed by atoms with van der Waals surface area (Å²) in [5, 5.41) is 7.34. The molecule has 0 aliphatic heterocycles. The van der Waals surface area contributed by atoms with Gasteiger partial charge in [-0.3, -0.25) is 19.5 Å². The van der Waals surface area contributed by atoms with Crippen molar-refractivity contribution < 1.29 is 4.79 Å². The quantitative estimate of drug-likeness (QED) is 0.859. The summed E-state index contributed by atoms with van der Waals surface area (Å²) >= 11 is 1.59. The average molecular weight is 333 g/mol. The van der Waals surface area contributed by atoms with Crippen LogP contribution in [0.1, 0.15) is 25.1 Å². The van der Waals surface area contributed by atoms with E-state index in [4.69, 9.17) is 0 Å². The molecule has 0 unspecified atom stereocenters. The monoisotopic (exact) mass is 333 g/mol. The van der Waals surface area contributed by atoms with E-state index >= 15 is 0 Å². The van der Waals surface area contributed by atoms with Gasteiger partial charge in [-0.25, -0.2) is 4.68 Å². The smallest absolute Gasteiger partial charge is 0.265 e. The van der Waals surface area contributed by atoms with Crippen LogP contribution in [0.25, 0.3) is 0 Å². The average Bonchev–Trinajstić information content (AvgIpc) is 2.89. The highest BCUT2D eigenvalue weighted by molar-refractivity contribution is 7.10. The van der Waals surface area contributed by atoms with Crippen molar-refractivity contribution in [3.63, 3.8) is 0 Å². The molecule has 1 atom stereocenters. The molecule has 6 nitrogen and oxygen atoms in total. The molecule has 1 aliphatic carbocycles. The molecular formula is C16H19N3O3S. The van der Waals surface area contributed by atoms with Crippen molar-refractivity contribution in [3.05, 3.63) is 55.2 Å². The van der Waals surface area contributed by atoms with Crippen LogP contribution in [0.15, 0.2) is 39.2 Å². The number of aromatic amines is 1. The van der Waals surface area contributed by atoms with Crippen LogP contribution in [-0.2, 0) is 16.8 Å². The van der Waals surface area contributed by atoms with Gasteiger partial charge in [0.2, 0.25) is 5.91 Å². The van der Waals surface area contributed by atoms with Gasteiger partial charge in [0.1, 0.15) is 0 Å². The minimum Gasteiger partial charge on any atom is -0.353 e. The van der Waals surface area contributed by atoms with Crippen LogP contribution in [0.2, 0.25) is 0 Å². The van der Waals surface area contributed by atoms with Gasteiger partial charge in [-0.05, 0) is 23.3 Å². The van der Waals surface area contributed by atoms with Gasteiger partial charge in [0.15, 0.2) is 0 Å². The fourth-order valence-corrected chi connectivity index (χ4v) is 4.22. The standard InChI is InChI=1S/C16H19N3O3S/c1-15(2)10-16(15,11-4-3-9-23-11)14(22)17-7-8-19-13(21)6-5-12(20)18-19/h3-6,9H,7-8,10H2,1-2H3,(H,17,22)(H,18,20)/t16-/m0/s1. The van der Waals surface area contributed by atoms with Crippen molar-refractivity contribution in [1.29, 1.82) is 0 Å². The molecule has 7 heteroatoms. The van der Waals surface area contributed by atoms with Gasteiger partial charge in [0.25, 0.3) is 11.1 Å². The number of aromatic nitrogens is 2. The van der Waals surface area contributed by atoms with E-state index in [0.717, 1.165) is 11.3 Å². The first kappa shape index (κ1) is 15.7. The number of hydrogen-bond donors (Lipinski definition) is 2. The summed E-state index contributed by atoms with van der Waals surface area (Å²) in [6.07, 6.45) is 0.814. The predicted octanol–water partition coefficient (Wildman–Crippen LogP) is 1.08. The first-order valence-electron chi connectivity index (χ1n) is 7.49. The first-order valence-corrected chi connectivity index (χ1v) is 8.37. The summed E-state index contributed by atoms with van der Waals surface area (Å²) < 4.78 is 1.21. The van der Waals surface area contributed by atoms with Crippen LogP contribution < -0.4 is 16.4 Å². The van der Waals surface area contributed by atoms with Gasteiger partial charge in [-0.1, -0.05) is 19.9 Å². The summed E-state index contributed by atoms with van der Waals surface area (Å²) in [6, 6.07) is 6.36. The number of nitrogens with zero attached hydrogens (tertiary/aromatic N) is 1. The Morgan fingerprint density at radius 1 is 1.35 bits per heavy atom. The van der Waals surface area contributed by atoms with Crippen LogP contribution in [0, 0.1) is 5.41 Å². The second-order valence-corrected chi connectivity index (χ2v) is 7.45. The zero-order chi connectivity index (χ0) is 16.7.